The number of halogens is 2. The molecule has 0 bridgehead atoms. The fraction of sp³-hybridized carbons (Fsp3) is 0.318. The maximum absolute atomic E-state index is 14.6. The lowest BCUT2D eigenvalue weighted by Crippen LogP contribution is -2.08. The molecule has 0 saturated heterocycles. The molecule has 0 spiro atoms. The van der Waals surface area contributed by atoms with Crippen molar-refractivity contribution in [3.05, 3.63) is 59.7 Å². The van der Waals surface area contributed by atoms with E-state index in [0.29, 0.717) is 0 Å². The van der Waals surface area contributed by atoms with Crippen molar-refractivity contribution in [3.63, 3.8) is 0 Å². The molecule has 1 saturated carbocycles. The number of aliphatic hydroxyl groups excluding tert-OH is 1. The van der Waals surface area contributed by atoms with E-state index < -0.39 is 61.3 Å². The third-order valence-electron chi connectivity index (χ3n) is 3.89. The molecule has 160 valence electrons. The molecular weight excluding hydrogens is 422 g/mol. The summed E-state index contributed by atoms with van der Waals surface area (Å²) in [5.74, 6) is 1.95. The van der Waals surface area contributed by atoms with Gasteiger partial charge in [0.05, 0.1) is 17.4 Å². The maximum atomic E-state index is 14.6. The monoisotopic (exact) mass is 451 g/mol. The van der Waals surface area contributed by atoms with Gasteiger partial charge in [-0.15, -0.1) is 10.2 Å². The molecule has 0 amide bonds. The minimum absolute atomic E-state index is 0.0896. The van der Waals surface area contributed by atoms with Gasteiger partial charge in [0, 0.05) is 29.8 Å². The van der Waals surface area contributed by atoms with Crippen molar-refractivity contribution in [2.24, 2.45) is 0 Å². The average Bonchev–Trinajstić information content (AvgIpc) is 3.31. The summed E-state index contributed by atoms with van der Waals surface area (Å²) in [5.41, 5.74) is -0.0830. The van der Waals surface area contributed by atoms with Gasteiger partial charge in [0.15, 0.2) is 22.5 Å². The zero-order valence-electron chi connectivity index (χ0n) is 24.7. The first kappa shape index (κ1) is 12.8. The fourth-order valence-electron chi connectivity index (χ4n) is 2.57. The second-order valence-corrected chi connectivity index (χ2v) is 6.87. The van der Waals surface area contributed by atoms with Crippen LogP contribution in [0, 0.1) is 23.5 Å². The normalized spacial score (nSPS) is 25.6. The van der Waals surface area contributed by atoms with Gasteiger partial charge in [-0.1, -0.05) is 36.3 Å². The van der Waals surface area contributed by atoms with Gasteiger partial charge in [-0.3, -0.25) is 9.55 Å². The van der Waals surface area contributed by atoms with Gasteiger partial charge in [-0.05, 0) is 30.9 Å². The summed E-state index contributed by atoms with van der Waals surface area (Å²) < 4.78 is 110. The molecule has 0 aliphatic heterocycles. The summed E-state index contributed by atoms with van der Waals surface area (Å²) in [6, 6.07) is 4.53. The molecule has 0 unspecified atom stereocenters. The van der Waals surface area contributed by atoms with E-state index in [4.69, 9.17) is 22.2 Å². The molecule has 1 aliphatic rings. The third-order valence-corrected chi connectivity index (χ3v) is 4.75. The van der Waals surface area contributed by atoms with Gasteiger partial charge in [0.2, 0.25) is 0 Å². The Morgan fingerprint density at radius 3 is 2.87 bits per heavy atom. The van der Waals surface area contributed by atoms with Gasteiger partial charge in [-0.25, -0.2) is 8.78 Å². The van der Waals surface area contributed by atoms with Gasteiger partial charge in [0.1, 0.15) is 19.0 Å². The molecule has 3 aromatic rings. The molecule has 6 nitrogen and oxygen atoms in total. The molecule has 1 N–H and O–H groups in total. The zero-order valence-corrected chi connectivity index (χ0v) is 16.5. The highest BCUT2D eigenvalue weighted by Gasteiger charge is 2.22. The number of aliphatic hydroxyl groups is 1. The van der Waals surface area contributed by atoms with E-state index >= 15 is 0 Å². The number of hydrogen-bond donors (Lipinski definition) is 1. The fourth-order valence-corrected chi connectivity index (χ4v) is 3.34. The van der Waals surface area contributed by atoms with Crippen molar-refractivity contribution < 1.29 is 31.0 Å². The van der Waals surface area contributed by atoms with Crippen molar-refractivity contribution in [2.45, 2.75) is 42.5 Å². The van der Waals surface area contributed by atoms with Crippen molar-refractivity contribution >= 4 is 11.8 Å². The molecule has 2 aromatic heterocycles. The number of nitrogens with zero attached hydrogens (tertiary/aromatic N) is 4. The van der Waals surface area contributed by atoms with Crippen LogP contribution in [0.1, 0.15) is 49.2 Å². The van der Waals surface area contributed by atoms with Crippen LogP contribution in [0.3, 0.4) is 0 Å². The smallest absolute Gasteiger partial charge is 0.196 e. The lowest BCUT2D eigenvalue weighted by Gasteiger charge is -2.13. The van der Waals surface area contributed by atoms with Crippen LogP contribution in [0.15, 0.2) is 41.8 Å². The largest absolute Gasteiger partial charge is 0.482 e. The second-order valence-electron chi connectivity index (χ2n) is 5.89. The molecule has 1 aliphatic carbocycles. The predicted octanol–water partition coefficient (Wildman–Crippen LogP) is 3.90. The van der Waals surface area contributed by atoms with Gasteiger partial charge < -0.3 is 9.84 Å². The van der Waals surface area contributed by atoms with Crippen LogP contribution < -0.4 is 4.74 Å². The molecule has 0 radical (unpaired) electrons. The van der Waals surface area contributed by atoms with Crippen molar-refractivity contribution in [2.75, 3.05) is 6.61 Å². The van der Waals surface area contributed by atoms with Gasteiger partial charge >= 0.3 is 0 Å². The molecule has 1 fully saturated rings. The topological polar surface area (TPSA) is 73.1 Å². The van der Waals surface area contributed by atoms with Crippen molar-refractivity contribution in [3.8, 4) is 23.3 Å². The van der Waals surface area contributed by atoms with Crippen LogP contribution in [0.5, 0.6) is 5.75 Å². The highest BCUT2D eigenvalue weighted by Crippen LogP contribution is 2.35. The average molecular weight is 452 g/mol. The summed E-state index contributed by atoms with van der Waals surface area (Å²) in [6.07, 6.45) is -10.8. The number of thioether (sulfide) groups is 1. The minimum atomic E-state index is -3.40. The second kappa shape index (κ2) is 9.90. The lowest BCUT2D eigenvalue weighted by molar-refractivity contribution is 0.276. The molecule has 31 heavy (non-hydrogen) atoms. The maximum Gasteiger partial charge on any atom is 0.196 e. The van der Waals surface area contributed by atoms with Gasteiger partial charge in [-0.2, -0.15) is 0 Å². The molecule has 9 heteroatoms. The Morgan fingerprint density at radius 2 is 2.13 bits per heavy atom. The lowest BCUT2D eigenvalue weighted by atomic mass is 10.2. The summed E-state index contributed by atoms with van der Waals surface area (Å²) in [5, 5.41) is 13.1. The highest BCUT2D eigenvalue weighted by atomic mass is 32.2. The molecule has 1 aromatic carbocycles. The van der Waals surface area contributed by atoms with E-state index in [9.17, 15) is 8.78 Å². The van der Waals surface area contributed by atoms with Crippen LogP contribution in [0.25, 0.3) is 5.69 Å². The summed E-state index contributed by atoms with van der Waals surface area (Å²) in [4.78, 5) is 3.97. The Balaban J connectivity index is 1.75. The van der Waals surface area contributed by atoms with E-state index in [2.05, 4.69) is 27.0 Å². The van der Waals surface area contributed by atoms with Crippen LogP contribution in [-0.2, 0) is 6.61 Å². The minimum Gasteiger partial charge on any atom is -0.482 e. The first-order valence-corrected chi connectivity index (χ1v) is 9.60. The van der Waals surface area contributed by atoms with Gasteiger partial charge in [0.25, 0.3) is 0 Å². The van der Waals surface area contributed by atoms with E-state index in [0.717, 1.165) is 12.1 Å². The summed E-state index contributed by atoms with van der Waals surface area (Å²) in [7, 11) is 0. The number of rotatable bonds is 6. The van der Waals surface area contributed by atoms with Crippen molar-refractivity contribution in [1.82, 2.24) is 19.7 Å². The van der Waals surface area contributed by atoms with Crippen molar-refractivity contribution in [1.29, 1.82) is 0 Å². The molecule has 2 heterocycles. The quantitative estimate of drug-likeness (QED) is 0.573. The Morgan fingerprint density at radius 1 is 1.29 bits per heavy atom. The SMILES string of the molecule is [2H]C1([2H])C([2H])([2H])C([2H])([2H])C([2H])(Sc2nnc(COc3cc(F)c(C#CCO)cc3F)n2-c2cccnc2)C1([2H])[2H]. The Bertz CT molecular complexity index is 1470. The standard InChI is InChI=1S/C22H20F2N4O2S/c23-18-12-20(19(24)11-15(18)5-4-10-29)30-14-21-26-27-22(31-17-7-1-2-8-17)28(21)16-6-3-9-25-13-16/h3,6,9,11-13,17,29H,1-2,7-8,10,14H2/i1D2,2D2,7D2,8D2,17D. The third kappa shape index (κ3) is 5.03. The molecular formula is C22H20F2N4O2S. The first-order chi connectivity index (χ1) is 18.5. The van der Waals surface area contributed by atoms with E-state index in [1.807, 2.05) is 0 Å². The number of hydrogen-bond acceptors (Lipinski definition) is 6. The summed E-state index contributed by atoms with van der Waals surface area (Å²) in [6.45, 7) is -1.10. The molecule has 4 rings (SSSR count). The van der Waals surface area contributed by atoms with E-state index in [1.165, 1.54) is 29.1 Å². The van der Waals surface area contributed by atoms with E-state index in [-0.39, 0.29) is 34.0 Å². The predicted molar refractivity (Wildman–Crippen MR) is 112 cm³/mol. The summed E-state index contributed by atoms with van der Waals surface area (Å²) >= 11 is 0.124. The highest BCUT2D eigenvalue weighted by molar-refractivity contribution is 7.99. The van der Waals surface area contributed by atoms with Crippen LogP contribution >= 0.6 is 11.8 Å². The number of pyridine rings is 1. The Labute approximate surface area is 195 Å². The van der Waals surface area contributed by atoms with Crippen LogP contribution in [-0.4, -0.2) is 36.7 Å². The van der Waals surface area contributed by atoms with E-state index in [1.54, 1.807) is 0 Å². The first-order valence-electron chi connectivity index (χ1n) is 13.3. The Kier molecular flexibility index (Phi) is 4.08. The number of aromatic nitrogens is 4. The Hall–Kier alpha value is -2.96. The molecule has 0 atom stereocenters. The number of benzene rings is 1. The van der Waals surface area contributed by atoms with Crippen LogP contribution in [0.4, 0.5) is 8.78 Å². The zero-order chi connectivity index (χ0) is 29.7. The van der Waals surface area contributed by atoms with Crippen LogP contribution in [0.2, 0.25) is 0 Å². The number of ether oxygens (including phenoxy) is 1.